The van der Waals surface area contributed by atoms with Crippen molar-refractivity contribution < 1.29 is 27.4 Å². The van der Waals surface area contributed by atoms with Crippen LogP contribution < -0.4 is 20.1 Å². The zero-order valence-corrected chi connectivity index (χ0v) is 17.3. The zero-order valence-electron chi connectivity index (χ0n) is 17.3. The summed E-state index contributed by atoms with van der Waals surface area (Å²) in [6.45, 7) is 1.89. The molecule has 1 heterocycles. The van der Waals surface area contributed by atoms with Crippen molar-refractivity contribution in [1.82, 2.24) is 10.2 Å². The van der Waals surface area contributed by atoms with E-state index in [2.05, 4.69) is 21.6 Å². The van der Waals surface area contributed by atoms with Gasteiger partial charge >= 0.3 is 12.2 Å². The number of anilines is 1. The highest BCUT2D eigenvalue weighted by atomic mass is 19.4. The third kappa shape index (κ3) is 7.06. The van der Waals surface area contributed by atoms with E-state index in [0.29, 0.717) is 12.2 Å². The number of likely N-dealkylation sites (tertiary alicyclic amines) is 1. The van der Waals surface area contributed by atoms with Gasteiger partial charge in [-0.3, -0.25) is 4.90 Å². The summed E-state index contributed by atoms with van der Waals surface area (Å²) < 4.78 is 47.2. The quantitative estimate of drug-likeness (QED) is 0.636. The normalized spacial score (nSPS) is 14.3. The Labute approximate surface area is 179 Å². The molecule has 168 valence electrons. The lowest BCUT2D eigenvalue weighted by molar-refractivity contribution is -0.153. The number of benzene rings is 2. The Morgan fingerprint density at radius 3 is 2.45 bits per heavy atom. The van der Waals surface area contributed by atoms with Crippen LogP contribution in [0.25, 0.3) is 0 Å². The SMILES string of the molecule is COc1ccc(NC(=O)NCc2ccccc2CN2CCCC2)cc1OCC(F)(F)F. The van der Waals surface area contributed by atoms with Crippen LogP contribution in [0.1, 0.15) is 24.0 Å². The molecule has 9 heteroatoms. The van der Waals surface area contributed by atoms with Crippen LogP contribution in [0.5, 0.6) is 11.5 Å². The number of carbonyl (C=O) groups is 1. The maximum Gasteiger partial charge on any atom is 0.422 e. The van der Waals surface area contributed by atoms with E-state index < -0.39 is 18.8 Å². The van der Waals surface area contributed by atoms with E-state index in [-0.39, 0.29) is 11.5 Å². The molecule has 1 aliphatic rings. The van der Waals surface area contributed by atoms with Crippen molar-refractivity contribution in [3.8, 4) is 11.5 Å². The Hall–Kier alpha value is -2.94. The molecular weight excluding hydrogens is 411 g/mol. The molecule has 0 atom stereocenters. The van der Waals surface area contributed by atoms with Crippen LogP contribution in [0.4, 0.5) is 23.7 Å². The number of ether oxygens (including phenoxy) is 2. The predicted octanol–water partition coefficient (Wildman–Crippen LogP) is 4.55. The van der Waals surface area contributed by atoms with Crippen molar-refractivity contribution in [3.63, 3.8) is 0 Å². The molecule has 0 bridgehead atoms. The van der Waals surface area contributed by atoms with Gasteiger partial charge in [-0.1, -0.05) is 24.3 Å². The average molecular weight is 437 g/mol. The van der Waals surface area contributed by atoms with E-state index >= 15 is 0 Å². The van der Waals surface area contributed by atoms with Crippen molar-refractivity contribution in [3.05, 3.63) is 53.6 Å². The van der Waals surface area contributed by atoms with Crippen molar-refractivity contribution in [2.24, 2.45) is 0 Å². The zero-order chi connectivity index (χ0) is 22.3. The minimum Gasteiger partial charge on any atom is -0.493 e. The fraction of sp³-hybridized carbons (Fsp3) is 0.409. The molecule has 1 saturated heterocycles. The molecule has 31 heavy (non-hydrogen) atoms. The molecule has 1 aliphatic heterocycles. The maximum absolute atomic E-state index is 12.5. The Balaban J connectivity index is 1.58. The number of hydrogen-bond donors (Lipinski definition) is 2. The molecule has 0 aromatic heterocycles. The topological polar surface area (TPSA) is 62.8 Å². The van der Waals surface area contributed by atoms with E-state index in [0.717, 1.165) is 30.8 Å². The molecule has 0 radical (unpaired) electrons. The van der Waals surface area contributed by atoms with Crippen LogP contribution in [-0.4, -0.2) is 43.9 Å². The summed E-state index contributed by atoms with van der Waals surface area (Å²) in [4.78, 5) is 14.7. The third-order valence-electron chi connectivity index (χ3n) is 4.96. The number of carbonyl (C=O) groups excluding carboxylic acids is 1. The Morgan fingerprint density at radius 1 is 1.06 bits per heavy atom. The number of urea groups is 1. The van der Waals surface area contributed by atoms with E-state index in [4.69, 9.17) is 9.47 Å². The molecule has 0 aliphatic carbocycles. The van der Waals surface area contributed by atoms with Crippen molar-refractivity contribution in [2.75, 3.05) is 32.1 Å². The fourth-order valence-corrected chi connectivity index (χ4v) is 3.44. The van der Waals surface area contributed by atoms with E-state index in [1.807, 2.05) is 18.2 Å². The van der Waals surface area contributed by atoms with E-state index in [9.17, 15) is 18.0 Å². The summed E-state index contributed by atoms with van der Waals surface area (Å²) in [6, 6.07) is 11.7. The fourth-order valence-electron chi connectivity index (χ4n) is 3.44. The smallest absolute Gasteiger partial charge is 0.422 e. The second kappa shape index (κ2) is 10.4. The minimum absolute atomic E-state index is 0.103. The van der Waals surface area contributed by atoms with E-state index in [1.165, 1.54) is 38.2 Å². The first kappa shape index (κ1) is 22.7. The molecule has 1 fully saturated rings. The highest BCUT2D eigenvalue weighted by Crippen LogP contribution is 2.31. The summed E-state index contributed by atoms with van der Waals surface area (Å²) >= 11 is 0. The number of halogens is 3. The molecule has 0 unspecified atom stereocenters. The summed E-state index contributed by atoms with van der Waals surface area (Å²) in [5.74, 6) is 0.0413. The van der Waals surface area contributed by atoms with Crippen LogP contribution >= 0.6 is 0 Å². The standard InChI is InChI=1S/C22H26F3N3O3/c1-30-19-9-8-18(12-20(19)31-15-22(23,24)25)27-21(29)26-13-16-6-2-3-7-17(16)14-28-10-4-5-11-28/h2-3,6-9,12H,4-5,10-11,13-15H2,1H3,(H2,26,27,29). The van der Waals surface area contributed by atoms with Crippen LogP contribution in [-0.2, 0) is 13.1 Å². The number of alkyl halides is 3. The lowest BCUT2D eigenvalue weighted by Crippen LogP contribution is -2.29. The van der Waals surface area contributed by atoms with Crippen LogP contribution in [0.3, 0.4) is 0 Å². The van der Waals surface area contributed by atoms with Crippen molar-refractivity contribution >= 4 is 11.7 Å². The van der Waals surface area contributed by atoms with Gasteiger partial charge in [-0.05, 0) is 49.2 Å². The number of amides is 2. The first-order valence-corrected chi connectivity index (χ1v) is 10.1. The Bertz CT molecular complexity index is 884. The molecule has 3 rings (SSSR count). The first-order chi connectivity index (χ1) is 14.8. The lowest BCUT2D eigenvalue weighted by Gasteiger charge is -2.18. The number of rotatable bonds is 8. The van der Waals surface area contributed by atoms with Gasteiger partial charge in [-0.15, -0.1) is 0 Å². The van der Waals surface area contributed by atoms with Crippen LogP contribution in [0.15, 0.2) is 42.5 Å². The number of nitrogens with zero attached hydrogens (tertiary/aromatic N) is 1. The second-order valence-corrected chi connectivity index (χ2v) is 7.33. The monoisotopic (exact) mass is 437 g/mol. The number of nitrogens with one attached hydrogen (secondary N) is 2. The molecule has 6 nitrogen and oxygen atoms in total. The summed E-state index contributed by atoms with van der Waals surface area (Å²) in [5.41, 5.74) is 2.48. The number of hydrogen-bond acceptors (Lipinski definition) is 4. The minimum atomic E-state index is -4.48. The molecule has 2 N–H and O–H groups in total. The first-order valence-electron chi connectivity index (χ1n) is 10.1. The van der Waals surface area contributed by atoms with Gasteiger partial charge in [0.15, 0.2) is 18.1 Å². The highest BCUT2D eigenvalue weighted by Gasteiger charge is 2.29. The van der Waals surface area contributed by atoms with Gasteiger partial charge in [0.05, 0.1) is 7.11 Å². The third-order valence-corrected chi connectivity index (χ3v) is 4.96. The predicted molar refractivity (Wildman–Crippen MR) is 111 cm³/mol. The van der Waals surface area contributed by atoms with Crippen molar-refractivity contribution in [1.29, 1.82) is 0 Å². The molecule has 0 spiro atoms. The molecule has 2 aromatic rings. The lowest BCUT2D eigenvalue weighted by atomic mass is 10.1. The second-order valence-electron chi connectivity index (χ2n) is 7.33. The van der Waals surface area contributed by atoms with Gasteiger partial charge < -0.3 is 20.1 Å². The van der Waals surface area contributed by atoms with Crippen molar-refractivity contribution in [2.45, 2.75) is 32.1 Å². The van der Waals surface area contributed by atoms with Gasteiger partial charge in [0.1, 0.15) is 0 Å². The van der Waals surface area contributed by atoms with Gasteiger partial charge in [0, 0.05) is 24.8 Å². The molecule has 2 amide bonds. The van der Waals surface area contributed by atoms with Gasteiger partial charge in [-0.2, -0.15) is 13.2 Å². The largest absolute Gasteiger partial charge is 0.493 e. The maximum atomic E-state index is 12.5. The van der Waals surface area contributed by atoms with Crippen LogP contribution in [0.2, 0.25) is 0 Å². The average Bonchev–Trinajstić information content (AvgIpc) is 3.24. The highest BCUT2D eigenvalue weighted by molar-refractivity contribution is 5.89. The summed E-state index contributed by atoms with van der Waals surface area (Å²) in [6.07, 6.45) is -2.06. The molecular formula is C22H26F3N3O3. The van der Waals surface area contributed by atoms with Gasteiger partial charge in [-0.25, -0.2) is 4.79 Å². The summed E-state index contributed by atoms with van der Waals surface area (Å²) in [7, 11) is 1.33. The summed E-state index contributed by atoms with van der Waals surface area (Å²) in [5, 5.41) is 5.41. The van der Waals surface area contributed by atoms with Gasteiger partial charge in [0.25, 0.3) is 0 Å². The van der Waals surface area contributed by atoms with Crippen LogP contribution in [0, 0.1) is 0 Å². The Morgan fingerprint density at radius 2 is 1.77 bits per heavy atom. The number of methoxy groups -OCH3 is 1. The Kier molecular flexibility index (Phi) is 7.62. The van der Waals surface area contributed by atoms with Gasteiger partial charge in [0.2, 0.25) is 0 Å². The van der Waals surface area contributed by atoms with E-state index in [1.54, 1.807) is 0 Å². The molecule has 2 aromatic carbocycles. The molecule has 0 saturated carbocycles.